The van der Waals surface area contributed by atoms with Crippen LogP contribution in [0.25, 0.3) is 0 Å². The molecule has 2 heterocycles. The molecular formula is C24H28FN3O2. The molecule has 0 aromatic heterocycles. The second-order valence-corrected chi connectivity index (χ2v) is 8.23. The fourth-order valence-electron chi connectivity index (χ4n) is 4.43. The molecule has 2 aromatic carbocycles. The fourth-order valence-corrected chi connectivity index (χ4v) is 4.43. The Morgan fingerprint density at radius 3 is 2.47 bits per heavy atom. The lowest BCUT2D eigenvalue weighted by Gasteiger charge is -2.40. The van der Waals surface area contributed by atoms with Crippen molar-refractivity contribution in [2.24, 2.45) is 0 Å². The average Bonchev–Trinajstić information content (AvgIpc) is 2.75. The number of aryl methyl sites for hydroxylation is 1. The molecule has 4 rings (SSSR count). The van der Waals surface area contributed by atoms with Crippen LogP contribution in [0.3, 0.4) is 0 Å². The van der Waals surface area contributed by atoms with Gasteiger partial charge in [0.05, 0.1) is 12.2 Å². The van der Waals surface area contributed by atoms with Gasteiger partial charge < -0.3 is 14.7 Å². The lowest BCUT2D eigenvalue weighted by molar-refractivity contribution is -0.130. The summed E-state index contributed by atoms with van der Waals surface area (Å²) in [6.07, 6.45) is 2.10. The van der Waals surface area contributed by atoms with Gasteiger partial charge in [0.2, 0.25) is 5.91 Å². The highest BCUT2D eigenvalue weighted by molar-refractivity contribution is 5.94. The van der Waals surface area contributed by atoms with Crippen molar-refractivity contribution in [2.75, 3.05) is 42.5 Å². The number of rotatable bonds is 4. The Hall–Kier alpha value is -2.89. The SMILES string of the molecule is CC(=O)c1ccc(N2CCN(C(=O)CN3c4ccccc4CC[C@@H]3C)CC2)c(F)c1. The third kappa shape index (κ3) is 4.04. The molecule has 0 N–H and O–H groups in total. The molecule has 30 heavy (non-hydrogen) atoms. The number of hydrogen-bond donors (Lipinski definition) is 0. The maximum Gasteiger partial charge on any atom is 0.242 e. The molecule has 2 aliphatic rings. The van der Waals surface area contributed by atoms with Gasteiger partial charge in [-0.1, -0.05) is 18.2 Å². The number of fused-ring (bicyclic) bond motifs is 1. The van der Waals surface area contributed by atoms with Gasteiger partial charge in [-0.3, -0.25) is 9.59 Å². The lowest BCUT2D eigenvalue weighted by Crippen LogP contribution is -2.53. The highest BCUT2D eigenvalue weighted by Gasteiger charge is 2.28. The van der Waals surface area contributed by atoms with E-state index in [0.29, 0.717) is 50.0 Å². The van der Waals surface area contributed by atoms with E-state index < -0.39 is 0 Å². The number of amides is 1. The van der Waals surface area contributed by atoms with Crippen LogP contribution < -0.4 is 9.80 Å². The number of benzene rings is 2. The van der Waals surface area contributed by atoms with Crippen LogP contribution in [0.1, 0.15) is 36.2 Å². The number of carbonyl (C=O) groups excluding carboxylic acids is 2. The summed E-state index contributed by atoms with van der Waals surface area (Å²) in [5, 5.41) is 0. The summed E-state index contributed by atoms with van der Waals surface area (Å²) in [4.78, 5) is 30.5. The quantitative estimate of drug-likeness (QED) is 0.725. The van der Waals surface area contributed by atoms with E-state index in [2.05, 4.69) is 30.0 Å². The Bertz CT molecular complexity index is 953. The summed E-state index contributed by atoms with van der Waals surface area (Å²) in [6.45, 7) is 6.27. The number of para-hydroxylation sites is 1. The van der Waals surface area contributed by atoms with E-state index in [-0.39, 0.29) is 17.5 Å². The van der Waals surface area contributed by atoms with Crippen molar-refractivity contribution in [3.63, 3.8) is 0 Å². The van der Waals surface area contributed by atoms with Gasteiger partial charge in [-0.2, -0.15) is 0 Å². The highest BCUT2D eigenvalue weighted by atomic mass is 19.1. The van der Waals surface area contributed by atoms with Crippen LogP contribution in [0.5, 0.6) is 0 Å². The Morgan fingerprint density at radius 2 is 1.77 bits per heavy atom. The Labute approximate surface area is 177 Å². The summed E-state index contributed by atoms with van der Waals surface area (Å²) >= 11 is 0. The van der Waals surface area contributed by atoms with E-state index in [1.165, 1.54) is 18.6 Å². The molecular weight excluding hydrogens is 381 g/mol. The van der Waals surface area contributed by atoms with Gasteiger partial charge >= 0.3 is 0 Å². The van der Waals surface area contributed by atoms with Crippen molar-refractivity contribution in [1.29, 1.82) is 0 Å². The second-order valence-electron chi connectivity index (χ2n) is 8.23. The molecule has 1 saturated heterocycles. The predicted molar refractivity (Wildman–Crippen MR) is 117 cm³/mol. The van der Waals surface area contributed by atoms with E-state index in [4.69, 9.17) is 0 Å². The molecule has 0 spiro atoms. The molecule has 0 aliphatic carbocycles. The smallest absolute Gasteiger partial charge is 0.242 e. The normalized spacial score (nSPS) is 18.9. The van der Waals surface area contributed by atoms with E-state index in [1.54, 1.807) is 12.1 Å². The largest absolute Gasteiger partial charge is 0.366 e. The monoisotopic (exact) mass is 409 g/mol. The van der Waals surface area contributed by atoms with Gasteiger partial charge in [0.1, 0.15) is 5.82 Å². The zero-order valence-corrected chi connectivity index (χ0v) is 17.6. The summed E-state index contributed by atoms with van der Waals surface area (Å²) in [5.74, 6) is -0.420. The first-order valence-electron chi connectivity index (χ1n) is 10.6. The molecule has 5 nitrogen and oxygen atoms in total. The van der Waals surface area contributed by atoms with Gasteiger partial charge in [-0.15, -0.1) is 0 Å². The number of ketones is 1. The molecule has 1 fully saturated rings. The first-order chi connectivity index (χ1) is 14.4. The van der Waals surface area contributed by atoms with E-state index in [0.717, 1.165) is 18.5 Å². The number of Topliss-reactive ketones (excluding diaryl/α,β-unsaturated/α-hetero) is 1. The molecule has 0 radical (unpaired) electrons. The Morgan fingerprint density at radius 1 is 1.03 bits per heavy atom. The van der Waals surface area contributed by atoms with E-state index in [9.17, 15) is 14.0 Å². The van der Waals surface area contributed by atoms with Gasteiger partial charge in [-0.25, -0.2) is 4.39 Å². The van der Waals surface area contributed by atoms with Crippen LogP contribution in [0.2, 0.25) is 0 Å². The summed E-state index contributed by atoms with van der Waals surface area (Å²) < 4.78 is 14.5. The third-order valence-corrected chi connectivity index (χ3v) is 6.30. The van der Waals surface area contributed by atoms with Crippen molar-refractivity contribution in [2.45, 2.75) is 32.7 Å². The molecule has 6 heteroatoms. The van der Waals surface area contributed by atoms with E-state index >= 15 is 0 Å². The Balaban J connectivity index is 1.39. The topological polar surface area (TPSA) is 43.9 Å². The summed E-state index contributed by atoms with van der Waals surface area (Å²) in [5.41, 5.74) is 3.33. The van der Waals surface area contributed by atoms with Crippen molar-refractivity contribution < 1.29 is 14.0 Å². The van der Waals surface area contributed by atoms with Crippen LogP contribution in [-0.2, 0) is 11.2 Å². The first-order valence-corrected chi connectivity index (χ1v) is 10.6. The molecule has 0 saturated carbocycles. The van der Waals surface area contributed by atoms with Gasteiger partial charge in [-0.05, 0) is 56.5 Å². The summed E-state index contributed by atoms with van der Waals surface area (Å²) in [6, 6.07) is 13.3. The number of nitrogens with zero attached hydrogens (tertiary/aromatic N) is 3. The van der Waals surface area contributed by atoms with E-state index in [1.807, 2.05) is 15.9 Å². The standard InChI is InChI=1S/C24H28FN3O2/c1-17-7-8-19-5-3-4-6-22(19)28(17)16-24(30)27-13-11-26(12-14-27)23-10-9-20(18(2)29)15-21(23)25/h3-6,9-10,15,17H,7-8,11-14,16H2,1-2H3/t17-/m0/s1. The number of piperazine rings is 1. The molecule has 0 unspecified atom stereocenters. The van der Waals surface area contributed by atoms with Gasteiger partial charge in [0, 0.05) is 43.5 Å². The minimum absolute atomic E-state index is 0.116. The number of carbonyl (C=O) groups is 2. The lowest BCUT2D eigenvalue weighted by atomic mass is 9.96. The molecule has 1 amide bonds. The van der Waals surface area contributed by atoms with Gasteiger partial charge in [0.15, 0.2) is 5.78 Å². The maximum atomic E-state index is 14.5. The number of hydrogen-bond acceptors (Lipinski definition) is 4. The fraction of sp³-hybridized carbons (Fsp3) is 0.417. The molecule has 2 aromatic rings. The molecule has 1 atom stereocenters. The number of anilines is 2. The van der Waals surface area contributed by atoms with Crippen molar-refractivity contribution >= 4 is 23.1 Å². The second kappa shape index (κ2) is 8.46. The highest BCUT2D eigenvalue weighted by Crippen LogP contribution is 2.30. The van der Waals surface area contributed by atoms with Gasteiger partial charge in [0.25, 0.3) is 0 Å². The zero-order chi connectivity index (χ0) is 21.3. The van der Waals surface area contributed by atoms with Crippen molar-refractivity contribution in [3.8, 4) is 0 Å². The predicted octanol–water partition coefficient (Wildman–Crippen LogP) is 3.52. The third-order valence-electron chi connectivity index (χ3n) is 6.30. The van der Waals surface area contributed by atoms with Crippen LogP contribution in [0.4, 0.5) is 15.8 Å². The Kier molecular flexibility index (Phi) is 5.75. The van der Waals surface area contributed by atoms with Crippen LogP contribution in [-0.4, -0.2) is 55.4 Å². The van der Waals surface area contributed by atoms with Crippen molar-refractivity contribution in [3.05, 3.63) is 59.4 Å². The zero-order valence-electron chi connectivity index (χ0n) is 17.6. The van der Waals surface area contributed by atoms with Crippen molar-refractivity contribution in [1.82, 2.24) is 4.90 Å². The summed E-state index contributed by atoms with van der Waals surface area (Å²) in [7, 11) is 0. The molecule has 0 bridgehead atoms. The first kappa shape index (κ1) is 20.4. The maximum absolute atomic E-state index is 14.5. The minimum Gasteiger partial charge on any atom is -0.366 e. The minimum atomic E-state index is -0.388. The average molecular weight is 410 g/mol. The number of halogens is 1. The van der Waals surface area contributed by atoms with Crippen LogP contribution >= 0.6 is 0 Å². The molecule has 158 valence electrons. The van der Waals surface area contributed by atoms with Crippen LogP contribution in [0.15, 0.2) is 42.5 Å². The molecule has 2 aliphatic heterocycles. The van der Waals surface area contributed by atoms with Crippen LogP contribution in [0, 0.1) is 5.82 Å².